The number of aliphatic imine (C=N–C) groups is 1. The van der Waals surface area contributed by atoms with Crippen LogP contribution in [-0.2, 0) is 0 Å². The Hall–Kier alpha value is -2.50. The van der Waals surface area contributed by atoms with Crippen molar-refractivity contribution in [3.05, 3.63) is 53.2 Å². The molecule has 2 aromatic rings. The quantitative estimate of drug-likeness (QED) is 0.784. The molecule has 2 atom stereocenters. The normalized spacial score (nSPS) is 17.5. The van der Waals surface area contributed by atoms with Crippen molar-refractivity contribution in [2.45, 2.75) is 39.4 Å². The lowest BCUT2D eigenvalue weighted by Crippen LogP contribution is -2.37. The van der Waals surface area contributed by atoms with Gasteiger partial charge in [-0.15, -0.1) is 0 Å². The van der Waals surface area contributed by atoms with Crippen LogP contribution in [0.15, 0.2) is 41.5 Å². The smallest absolute Gasteiger partial charge is 0.263 e. The van der Waals surface area contributed by atoms with Gasteiger partial charge in [0.25, 0.3) is 6.43 Å². The van der Waals surface area contributed by atoms with Gasteiger partial charge >= 0.3 is 0 Å². The number of halogens is 2. The van der Waals surface area contributed by atoms with Gasteiger partial charge in [0.1, 0.15) is 6.17 Å². The van der Waals surface area contributed by atoms with E-state index in [4.69, 9.17) is 4.74 Å². The fourth-order valence-corrected chi connectivity index (χ4v) is 3.10. The predicted octanol–water partition coefficient (Wildman–Crippen LogP) is 4.76. The third kappa shape index (κ3) is 3.48. The second-order valence-electron chi connectivity index (χ2n) is 5.98. The molecular formula is C19H21F2N3O. The van der Waals surface area contributed by atoms with Gasteiger partial charge in [-0.25, -0.2) is 13.8 Å². The minimum absolute atomic E-state index is 0.0301. The van der Waals surface area contributed by atoms with E-state index in [1.165, 1.54) is 6.07 Å². The lowest BCUT2D eigenvalue weighted by Gasteiger charge is -2.38. The zero-order valence-corrected chi connectivity index (χ0v) is 14.5. The number of aromatic nitrogens is 1. The van der Waals surface area contributed by atoms with E-state index in [0.717, 1.165) is 16.8 Å². The van der Waals surface area contributed by atoms with E-state index in [-0.39, 0.29) is 17.8 Å². The van der Waals surface area contributed by atoms with Crippen LogP contribution in [0.3, 0.4) is 0 Å². The standard InChI is InChI=1S/C19H21F2N3O/c1-4-25-18-9-16-10-22-13(3)24(17(16)11-23-18)12(2)14-6-5-7-15(8-14)19(20)21/h5-13,19H,4H2,1-3H3/t12-,13?/m1/s1. The fourth-order valence-electron chi connectivity index (χ4n) is 3.10. The molecule has 0 N–H and O–H groups in total. The van der Waals surface area contributed by atoms with Crippen LogP contribution < -0.4 is 9.64 Å². The Morgan fingerprint density at radius 1 is 1.24 bits per heavy atom. The molecule has 0 fully saturated rings. The van der Waals surface area contributed by atoms with Crippen LogP contribution in [0.25, 0.3) is 0 Å². The molecule has 1 aliphatic heterocycles. The molecule has 1 aromatic heterocycles. The highest BCUT2D eigenvalue weighted by Gasteiger charge is 2.27. The first-order valence-corrected chi connectivity index (χ1v) is 8.33. The molecule has 0 saturated heterocycles. The zero-order valence-electron chi connectivity index (χ0n) is 14.5. The molecule has 0 saturated carbocycles. The number of pyridine rings is 1. The number of rotatable bonds is 5. The Bertz CT molecular complexity index is 779. The van der Waals surface area contributed by atoms with E-state index in [1.54, 1.807) is 18.3 Å². The van der Waals surface area contributed by atoms with E-state index >= 15 is 0 Å². The maximum Gasteiger partial charge on any atom is 0.263 e. The maximum atomic E-state index is 13.0. The van der Waals surface area contributed by atoms with Crippen LogP contribution in [-0.4, -0.2) is 24.0 Å². The Balaban J connectivity index is 1.96. The van der Waals surface area contributed by atoms with Gasteiger partial charge in [-0.1, -0.05) is 18.2 Å². The maximum absolute atomic E-state index is 13.0. The molecule has 1 aromatic carbocycles. The van der Waals surface area contributed by atoms with Crippen molar-refractivity contribution < 1.29 is 13.5 Å². The molecule has 0 bridgehead atoms. The fraction of sp³-hybridized carbons (Fsp3) is 0.368. The van der Waals surface area contributed by atoms with Gasteiger partial charge in [-0.2, -0.15) is 0 Å². The van der Waals surface area contributed by atoms with Gasteiger partial charge in [0, 0.05) is 23.4 Å². The Kier molecular flexibility index (Phi) is 4.97. The summed E-state index contributed by atoms with van der Waals surface area (Å²) in [4.78, 5) is 11.0. The predicted molar refractivity (Wildman–Crippen MR) is 94.8 cm³/mol. The molecule has 25 heavy (non-hydrogen) atoms. The van der Waals surface area contributed by atoms with Crippen molar-refractivity contribution in [1.29, 1.82) is 0 Å². The second kappa shape index (κ2) is 7.17. The number of hydrogen-bond donors (Lipinski definition) is 0. The second-order valence-corrected chi connectivity index (χ2v) is 5.98. The highest BCUT2D eigenvalue weighted by Crippen LogP contribution is 2.35. The van der Waals surface area contributed by atoms with Crippen LogP contribution in [0.4, 0.5) is 14.5 Å². The van der Waals surface area contributed by atoms with Gasteiger partial charge in [0.15, 0.2) is 0 Å². The van der Waals surface area contributed by atoms with Gasteiger partial charge < -0.3 is 9.64 Å². The first-order valence-electron chi connectivity index (χ1n) is 8.33. The molecule has 6 heteroatoms. The van der Waals surface area contributed by atoms with Crippen molar-refractivity contribution in [3.8, 4) is 5.88 Å². The van der Waals surface area contributed by atoms with E-state index in [2.05, 4.69) is 14.9 Å². The Labute approximate surface area is 146 Å². The first-order chi connectivity index (χ1) is 12.0. The molecule has 1 aliphatic rings. The van der Waals surface area contributed by atoms with Crippen LogP contribution in [0.5, 0.6) is 5.88 Å². The molecular weight excluding hydrogens is 324 g/mol. The van der Waals surface area contributed by atoms with Crippen molar-refractivity contribution in [1.82, 2.24) is 4.98 Å². The monoisotopic (exact) mass is 345 g/mol. The van der Waals surface area contributed by atoms with E-state index in [0.29, 0.717) is 12.5 Å². The topological polar surface area (TPSA) is 37.7 Å². The molecule has 0 spiro atoms. The van der Waals surface area contributed by atoms with E-state index in [9.17, 15) is 8.78 Å². The summed E-state index contributed by atoms with van der Waals surface area (Å²) in [5.41, 5.74) is 2.68. The average molecular weight is 345 g/mol. The highest BCUT2D eigenvalue weighted by molar-refractivity contribution is 5.90. The molecule has 3 rings (SSSR count). The van der Waals surface area contributed by atoms with Crippen molar-refractivity contribution in [2.75, 3.05) is 11.5 Å². The largest absolute Gasteiger partial charge is 0.478 e. The summed E-state index contributed by atoms with van der Waals surface area (Å²) >= 11 is 0. The molecule has 132 valence electrons. The molecule has 2 heterocycles. The number of hydrogen-bond acceptors (Lipinski definition) is 4. The number of fused-ring (bicyclic) bond motifs is 1. The van der Waals surface area contributed by atoms with E-state index in [1.807, 2.05) is 39.1 Å². The van der Waals surface area contributed by atoms with Gasteiger partial charge in [-0.05, 0) is 32.4 Å². The van der Waals surface area contributed by atoms with Gasteiger partial charge in [-0.3, -0.25) is 4.99 Å². The Morgan fingerprint density at radius 3 is 2.72 bits per heavy atom. The number of ether oxygens (including phenoxy) is 1. The van der Waals surface area contributed by atoms with E-state index < -0.39 is 6.43 Å². The highest BCUT2D eigenvalue weighted by atomic mass is 19.3. The molecule has 0 amide bonds. The Morgan fingerprint density at radius 2 is 2.00 bits per heavy atom. The number of anilines is 1. The number of benzene rings is 1. The van der Waals surface area contributed by atoms with Crippen LogP contribution in [0, 0.1) is 0 Å². The lowest BCUT2D eigenvalue weighted by molar-refractivity contribution is 0.151. The number of alkyl halides is 2. The summed E-state index contributed by atoms with van der Waals surface area (Å²) in [6.07, 6.45) is 0.975. The summed E-state index contributed by atoms with van der Waals surface area (Å²) in [5, 5.41) is 0. The number of nitrogens with zero attached hydrogens (tertiary/aromatic N) is 3. The molecule has 0 radical (unpaired) electrons. The SMILES string of the molecule is CCOc1cc2c(cn1)N([C@H](C)c1cccc(C(F)F)c1)C(C)N=C2. The summed E-state index contributed by atoms with van der Waals surface area (Å²) in [7, 11) is 0. The van der Waals surface area contributed by atoms with Gasteiger partial charge in [0.05, 0.1) is 24.5 Å². The summed E-state index contributed by atoms with van der Waals surface area (Å²) in [6, 6.07) is 8.27. The third-order valence-corrected chi connectivity index (χ3v) is 4.35. The third-order valence-electron chi connectivity index (χ3n) is 4.35. The van der Waals surface area contributed by atoms with Crippen molar-refractivity contribution in [2.24, 2.45) is 4.99 Å². The van der Waals surface area contributed by atoms with Crippen LogP contribution >= 0.6 is 0 Å². The molecule has 0 aliphatic carbocycles. The summed E-state index contributed by atoms with van der Waals surface area (Å²) < 4.78 is 31.5. The zero-order chi connectivity index (χ0) is 18.0. The molecule has 4 nitrogen and oxygen atoms in total. The van der Waals surface area contributed by atoms with Crippen molar-refractivity contribution in [3.63, 3.8) is 0 Å². The molecule has 1 unspecified atom stereocenters. The lowest BCUT2D eigenvalue weighted by atomic mass is 10.0. The van der Waals surface area contributed by atoms with Crippen molar-refractivity contribution >= 4 is 11.9 Å². The van der Waals surface area contributed by atoms with Crippen LogP contribution in [0.1, 0.15) is 49.9 Å². The summed E-state index contributed by atoms with van der Waals surface area (Å²) in [5.74, 6) is 0.551. The first kappa shape index (κ1) is 17.3. The van der Waals surface area contributed by atoms with Gasteiger partial charge in [0.2, 0.25) is 5.88 Å². The minimum Gasteiger partial charge on any atom is -0.478 e. The minimum atomic E-state index is -2.48. The average Bonchev–Trinajstić information content (AvgIpc) is 2.61. The van der Waals surface area contributed by atoms with Crippen LogP contribution in [0.2, 0.25) is 0 Å². The summed E-state index contributed by atoms with van der Waals surface area (Å²) in [6.45, 7) is 6.41.